The van der Waals surface area contributed by atoms with E-state index in [0.29, 0.717) is 13.2 Å². The number of hydrogen-bond donors (Lipinski definition) is 1. The van der Waals surface area contributed by atoms with Crippen molar-refractivity contribution in [1.29, 1.82) is 0 Å². The first-order valence-electron chi connectivity index (χ1n) is 7.76. The highest BCUT2D eigenvalue weighted by Gasteiger charge is 2.21. The summed E-state index contributed by atoms with van der Waals surface area (Å²) in [5, 5.41) is 0. The molecule has 5 heteroatoms. The van der Waals surface area contributed by atoms with Gasteiger partial charge in [-0.05, 0) is 62.5 Å². The lowest BCUT2D eigenvalue weighted by molar-refractivity contribution is 0.166. The standard InChI is InChI=1S/C16H23BrN2O2/c17-14-10-16-15(20-7-8-21-16)9-13(14)11-19-5-2-12(1-4-18)3-6-19/h9-10,12H,1-8,11,18H2. The van der Waals surface area contributed by atoms with Crippen LogP contribution in [-0.4, -0.2) is 37.7 Å². The summed E-state index contributed by atoms with van der Waals surface area (Å²) in [6.45, 7) is 5.37. The number of piperidine rings is 1. The third-order valence-corrected chi connectivity index (χ3v) is 5.13. The van der Waals surface area contributed by atoms with Gasteiger partial charge in [0.2, 0.25) is 0 Å². The second-order valence-electron chi connectivity index (χ2n) is 5.88. The third kappa shape index (κ3) is 3.71. The number of ether oxygens (including phenoxy) is 2. The van der Waals surface area contributed by atoms with Crippen molar-refractivity contribution in [2.45, 2.75) is 25.8 Å². The van der Waals surface area contributed by atoms with Gasteiger partial charge in [-0.1, -0.05) is 15.9 Å². The molecule has 0 unspecified atom stereocenters. The first kappa shape index (κ1) is 15.1. The van der Waals surface area contributed by atoms with E-state index in [4.69, 9.17) is 15.2 Å². The fraction of sp³-hybridized carbons (Fsp3) is 0.625. The molecule has 0 atom stereocenters. The second kappa shape index (κ2) is 6.99. The van der Waals surface area contributed by atoms with Crippen LogP contribution in [0.4, 0.5) is 0 Å². The zero-order chi connectivity index (χ0) is 14.7. The van der Waals surface area contributed by atoms with Gasteiger partial charge in [0, 0.05) is 11.0 Å². The fourth-order valence-corrected chi connectivity index (χ4v) is 3.58. The number of likely N-dealkylation sites (tertiary alicyclic amines) is 1. The molecule has 0 aromatic heterocycles. The van der Waals surface area contributed by atoms with Crippen LogP contribution >= 0.6 is 15.9 Å². The Morgan fingerprint density at radius 2 is 1.81 bits per heavy atom. The summed E-state index contributed by atoms with van der Waals surface area (Å²) >= 11 is 3.66. The van der Waals surface area contributed by atoms with Crippen LogP contribution in [0, 0.1) is 5.92 Å². The molecular weight excluding hydrogens is 332 g/mol. The Morgan fingerprint density at radius 1 is 1.14 bits per heavy atom. The molecule has 0 bridgehead atoms. The minimum Gasteiger partial charge on any atom is -0.486 e. The molecule has 1 saturated heterocycles. The van der Waals surface area contributed by atoms with Gasteiger partial charge in [0.15, 0.2) is 11.5 Å². The summed E-state index contributed by atoms with van der Waals surface area (Å²) < 4.78 is 12.4. The molecule has 21 heavy (non-hydrogen) atoms. The van der Waals surface area contributed by atoms with Crippen molar-refractivity contribution in [2.75, 3.05) is 32.8 Å². The Labute approximate surface area is 134 Å². The number of hydrogen-bond acceptors (Lipinski definition) is 4. The average molecular weight is 355 g/mol. The summed E-state index contributed by atoms with van der Waals surface area (Å²) in [5.41, 5.74) is 6.93. The monoisotopic (exact) mass is 354 g/mol. The molecule has 2 aliphatic heterocycles. The summed E-state index contributed by atoms with van der Waals surface area (Å²) in [5.74, 6) is 2.53. The maximum atomic E-state index is 5.68. The van der Waals surface area contributed by atoms with Crippen LogP contribution in [0.1, 0.15) is 24.8 Å². The lowest BCUT2D eigenvalue weighted by atomic mass is 9.93. The number of halogens is 1. The van der Waals surface area contributed by atoms with E-state index in [-0.39, 0.29) is 0 Å². The van der Waals surface area contributed by atoms with Gasteiger partial charge in [-0.3, -0.25) is 4.90 Å². The van der Waals surface area contributed by atoms with Gasteiger partial charge < -0.3 is 15.2 Å². The van der Waals surface area contributed by atoms with Crippen LogP contribution in [0.25, 0.3) is 0 Å². The van der Waals surface area contributed by atoms with Crippen LogP contribution in [-0.2, 0) is 6.54 Å². The molecule has 0 radical (unpaired) electrons. The molecule has 0 spiro atoms. The Bertz CT molecular complexity index is 487. The van der Waals surface area contributed by atoms with E-state index in [1.807, 2.05) is 6.07 Å². The Balaban J connectivity index is 1.63. The molecular formula is C16H23BrN2O2. The van der Waals surface area contributed by atoms with E-state index in [1.54, 1.807) is 0 Å². The van der Waals surface area contributed by atoms with Crippen molar-refractivity contribution >= 4 is 15.9 Å². The number of benzene rings is 1. The highest BCUT2D eigenvalue weighted by Crippen LogP contribution is 2.36. The first-order chi connectivity index (χ1) is 10.3. The molecule has 0 aliphatic carbocycles. The van der Waals surface area contributed by atoms with Crippen LogP contribution < -0.4 is 15.2 Å². The van der Waals surface area contributed by atoms with Gasteiger partial charge in [0.1, 0.15) is 13.2 Å². The molecule has 2 heterocycles. The van der Waals surface area contributed by atoms with Crippen LogP contribution in [0.5, 0.6) is 11.5 Å². The van der Waals surface area contributed by atoms with Gasteiger partial charge in [-0.15, -0.1) is 0 Å². The molecule has 1 fully saturated rings. The molecule has 1 aromatic carbocycles. The Hall–Kier alpha value is -0.780. The van der Waals surface area contributed by atoms with Gasteiger partial charge in [-0.25, -0.2) is 0 Å². The summed E-state index contributed by atoms with van der Waals surface area (Å²) in [6.07, 6.45) is 3.69. The van der Waals surface area contributed by atoms with E-state index >= 15 is 0 Å². The van der Waals surface area contributed by atoms with E-state index in [9.17, 15) is 0 Å². The lowest BCUT2D eigenvalue weighted by Crippen LogP contribution is -2.34. The predicted octanol–water partition coefficient (Wildman–Crippen LogP) is 2.78. The molecule has 1 aromatic rings. The highest BCUT2D eigenvalue weighted by molar-refractivity contribution is 9.10. The zero-order valence-electron chi connectivity index (χ0n) is 12.3. The summed E-state index contributed by atoms with van der Waals surface area (Å²) in [4.78, 5) is 2.52. The molecule has 0 saturated carbocycles. The normalized spacial score (nSPS) is 19.7. The smallest absolute Gasteiger partial charge is 0.162 e. The van der Waals surface area contributed by atoms with Gasteiger partial charge in [0.25, 0.3) is 0 Å². The number of fused-ring (bicyclic) bond motifs is 1. The summed E-state index contributed by atoms with van der Waals surface area (Å²) in [7, 11) is 0. The van der Waals surface area contributed by atoms with Crippen LogP contribution in [0.3, 0.4) is 0 Å². The lowest BCUT2D eigenvalue weighted by Gasteiger charge is -2.32. The summed E-state index contributed by atoms with van der Waals surface area (Å²) in [6, 6.07) is 4.15. The fourth-order valence-electron chi connectivity index (χ4n) is 3.14. The van der Waals surface area contributed by atoms with Gasteiger partial charge >= 0.3 is 0 Å². The highest BCUT2D eigenvalue weighted by atomic mass is 79.9. The maximum absolute atomic E-state index is 5.68. The Kier molecular flexibility index (Phi) is 5.03. The number of rotatable bonds is 4. The van der Waals surface area contributed by atoms with E-state index in [2.05, 4.69) is 26.9 Å². The third-order valence-electron chi connectivity index (χ3n) is 4.39. The molecule has 0 amide bonds. The van der Waals surface area contributed by atoms with Crippen molar-refractivity contribution in [2.24, 2.45) is 11.7 Å². The average Bonchev–Trinajstić information content (AvgIpc) is 2.50. The van der Waals surface area contributed by atoms with Gasteiger partial charge in [-0.2, -0.15) is 0 Å². The topological polar surface area (TPSA) is 47.7 Å². The molecule has 4 nitrogen and oxygen atoms in total. The van der Waals surface area contributed by atoms with Crippen molar-refractivity contribution < 1.29 is 9.47 Å². The maximum Gasteiger partial charge on any atom is 0.162 e. The predicted molar refractivity (Wildman–Crippen MR) is 86.8 cm³/mol. The molecule has 3 rings (SSSR count). The first-order valence-corrected chi connectivity index (χ1v) is 8.56. The van der Waals surface area contributed by atoms with Crippen LogP contribution in [0.2, 0.25) is 0 Å². The molecule has 2 N–H and O–H groups in total. The largest absolute Gasteiger partial charge is 0.486 e. The van der Waals surface area contributed by atoms with E-state index < -0.39 is 0 Å². The van der Waals surface area contributed by atoms with Crippen LogP contribution in [0.15, 0.2) is 16.6 Å². The quantitative estimate of drug-likeness (QED) is 0.902. The number of nitrogens with two attached hydrogens (primary N) is 1. The second-order valence-corrected chi connectivity index (χ2v) is 6.74. The van der Waals surface area contributed by atoms with Crippen molar-refractivity contribution in [3.05, 3.63) is 22.2 Å². The van der Waals surface area contributed by atoms with Crippen molar-refractivity contribution in [1.82, 2.24) is 4.90 Å². The van der Waals surface area contributed by atoms with E-state index in [0.717, 1.165) is 48.1 Å². The minimum absolute atomic E-state index is 0.632. The zero-order valence-corrected chi connectivity index (χ0v) is 13.9. The van der Waals surface area contributed by atoms with Crippen molar-refractivity contribution in [3.63, 3.8) is 0 Å². The molecule has 2 aliphatic rings. The van der Waals surface area contributed by atoms with Gasteiger partial charge in [0.05, 0.1) is 0 Å². The van der Waals surface area contributed by atoms with E-state index in [1.165, 1.54) is 24.8 Å². The minimum atomic E-state index is 0.632. The SMILES string of the molecule is NCCC1CCN(Cc2cc3c(cc2Br)OCCO3)CC1. The Morgan fingerprint density at radius 3 is 2.48 bits per heavy atom. The van der Waals surface area contributed by atoms with Crippen molar-refractivity contribution in [3.8, 4) is 11.5 Å². The number of nitrogens with zero attached hydrogens (tertiary/aromatic N) is 1. The molecule has 116 valence electrons.